The molecule has 0 bridgehead atoms. The summed E-state index contributed by atoms with van der Waals surface area (Å²) >= 11 is 0. The number of carbonyl (C=O) groups is 3. The van der Waals surface area contributed by atoms with Crippen molar-refractivity contribution in [1.29, 1.82) is 0 Å². The Balaban J connectivity index is 1.63. The fraction of sp³-hybridized carbons (Fsp3) is 0.318. The van der Waals surface area contributed by atoms with Gasteiger partial charge in [-0.2, -0.15) is 0 Å². The predicted molar refractivity (Wildman–Crippen MR) is 109 cm³/mol. The normalized spacial score (nSPS) is 15.9. The molecule has 2 N–H and O–H groups in total. The number of benzene rings is 2. The smallest absolute Gasteiger partial charge is 0.314 e. The molecule has 0 spiro atoms. The van der Waals surface area contributed by atoms with Gasteiger partial charge in [0.05, 0.1) is 26.2 Å². The van der Waals surface area contributed by atoms with Crippen LogP contribution in [0, 0.1) is 5.82 Å². The molecule has 3 rings (SSSR count). The molecule has 1 aliphatic rings. The van der Waals surface area contributed by atoms with Gasteiger partial charge in [0, 0.05) is 17.7 Å². The molecule has 164 valence electrons. The number of fused-ring (bicyclic) bond motifs is 1. The van der Waals surface area contributed by atoms with Crippen LogP contribution in [0.5, 0.6) is 11.5 Å². The first-order chi connectivity index (χ1) is 14.8. The molecule has 2 aromatic rings. The molecule has 2 atom stereocenters. The zero-order valence-electron chi connectivity index (χ0n) is 17.4. The highest BCUT2D eigenvalue weighted by molar-refractivity contribution is 6.00. The Kier molecular flexibility index (Phi) is 6.74. The first kappa shape index (κ1) is 22.1. The van der Waals surface area contributed by atoms with E-state index in [4.69, 9.17) is 14.2 Å². The van der Waals surface area contributed by atoms with Gasteiger partial charge in [-0.3, -0.25) is 14.4 Å². The van der Waals surface area contributed by atoms with Crippen molar-refractivity contribution in [3.8, 4) is 11.5 Å². The van der Waals surface area contributed by atoms with Crippen LogP contribution < -0.4 is 20.1 Å². The Morgan fingerprint density at radius 2 is 1.97 bits per heavy atom. The summed E-state index contributed by atoms with van der Waals surface area (Å²) in [6.45, 7) is 1.23. The minimum absolute atomic E-state index is 0.142. The molecule has 2 amide bonds. The van der Waals surface area contributed by atoms with Gasteiger partial charge in [0.1, 0.15) is 17.3 Å². The van der Waals surface area contributed by atoms with Crippen molar-refractivity contribution in [3.63, 3.8) is 0 Å². The molecule has 0 aromatic heterocycles. The van der Waals surface area contributed by atoms with Crippen LogP contribution in [0.15, 0.2) is 36.4 Å². The lowest BCUT2D eigenvalue weighted by molar-refractivity contribution is -0.151. The van der Waals surface area contributed by atoms with Crippen molar-refractivity contribution >= 4 is 23.5 Å². The summed E-state index contributed by atoms with van der Waals surface area (Å²) in [6.07, 6.45) is -0.142. The molecular weight excluding hydrogens is 407 g/mol. The van der Waals surface area contributed by atoms with Gasteiger partial charge >= 0.3 is 5.97 Å². The topological polar surface area (TPSA) is 103 Å². The maximum Gasteiger partial charge on any atom is 0.314 e. The number of anilines is 1. The number of carbonyl (C=O) groups excluding carboxylic acids is 3. The summed E-state index contributed by atoms with van der Waals surface area (Å²) in [7, 11) is 3.05. The van der Waals surface area contributed by atoms with Crippen LogP contribution in [-0.2, 0) is 19.1 Å². The second-order valence-corrected chi connectivity index (χ2v) is 7.04. The number of methoxy groups -OCH3 is 2. The molecular formula is C22H23FN2O6. The molecule has 2 unspecified atom stereocenters. The fourth-order valence-electron chi connectivity index (χ4n) is 3.42. The zero-order valence-corrected chi connectivity index (χ0v) is 17.4. The number of hydrogen-bond acceptors (Lipinski definition) is 6. The van der Waals surface area contributed by atoms with Crippen LogP contribution in [-0.4, -0.2) is 38.6 Å². The van der Waals surface area contributed by atoms with Crippen LogP contribution in [0.4, 0.5) is 10.1 Å². The van der Waals surface area contributed by atoms with Gasteiger partial charge in [-0.25, -0.2) is 4.39 Å². The van der Waals surface area contributed by atoms with E-state index in [2.05, 4.69) is 10.6 Å². The number of esters is 1. The van der Waals surface area contributed by atoms with E-state index >= 15 is 0 Å². The molecule has 9 heteroatoms. The highest BCUT2D eigenvalue weighted by atomic mass is 19.1. The van der Waals surface area contributed by atoms with Gasteiger partial charge in [0.2, 0.25) is 5.91 Å². The van der Waals surface area contributed by atoms with Crippen molar-refractivity contribution in [2.45, 2.75) is 25.3 Å². The minimum Gasteiger partial charge on any atom is -0.497 e. The monoisotopic (exact) mass is 430 g/mol. The highest BCUT2D eigenvalue weighted by Crippen LogP contribution is 2.33. The molecule has 1 heterocycles. The quantitative estimate of drug-likeness (QED) is 0.655. The summed E-state index contributed by atoms with van der Waals surface area (Å²) in [5, 5.41) is 5.26. The average molecular weight is 430 g/mol. The third-order valence-corrected chi connectivity index (χ3v) is 4.97. The van der Waals surface area contributed by atoms with Crippen LogP contribution in [0.1, 0.15) is 36.4 Å². The SMILES string of the molecule is COc1ccc(OC)c(C(C)NC(=O)COC(=O)C2CC(=O)Nc3cc(F)ccc32)c1. The third-order valence-electron chi connectivity index (χ3n) is 4.97. The summed E-state index contributed by atoms with van der Waals surface area (Å²) in [4.78, 5) is 36.7. The van der Waals surface area contributed by atoms with Gasteiger partial charge in [0.15, 0.2) is 6.61 Å². The minimum atomic E-state index is -0.909. The average Bonchev–Trinajstić information content (AvgIpc) is 2.75. The van der Waals surface area contributed by atoms with E-state index in [9.17, 15) is 18.8 Å². The first-order valence-electron chi connectivity index (χ1n) is 9.59. The summed E-state index contributed by atoms with van der Waals surface area (Å²) in [5.41, 5.74) is 1.36. The Hall–Kier alpha value is -3.62. The molecule has 2 aromatic carbocycles. The molecule has 0 fully saturated rings. The molecule has 1 aliphatic heterocycles. The van der Waals surface area contributed by atoms with Gasteiger partial charge < -0.3 is 24.8 Å². The summed E-state index contributed by atoms with van der Waals surface area (Å²) in [5.74, 6) is -1.95. The molecule has 0 saturated carbocycles. The van der Waals surface area contributed by atoms with E-state index in [1.165, 1.54) is 26.4 Å². The van der Waals surface area contributed by atoms with Crippen LogP contribution in [0.2, 0.25) is 0 Å². The first-order valence-corrected chi connectivity index (χ1v) is 9.59. The summed E-state index contributed by atoms with van der Waals surface area (Å²) in [6, 6.07) is 8.53. The largest absolute Gasteiger partial charge is 0.497 e. The number of nitrogens with one attached hydrogen (secondary N) is 2. The lowest BCUT2D eigenvalue weighted by Gasteiger charge is -2.24. The van der Waals surface area contributed by atoms with Gasteiger partial charge in [-0.1, -0.05) is 6.07 Å². The maximum absolute atomic E-state index is 13.4. The second kappa shape index (κ2) is 9.46. The third kappa shape index (κ3) is 5.11. The van der Waals surface area contributed by atoms with Crippen LogP contribution in [0.3, 0.4) is 0 Å². The molecule has 31 heavy (non-hydrogen) atoms. The molecule has 0 radical (unpaired) electrons. The number of amides is 2. The van der Waals surface area contributed by atoms with Crippen molar-refractivity contribution in [2.24, 2.45) is 0 Å². The Bertz CT molecular complexity index is 1010. The molecule has 0 aliphatic carbocycles. The van der Waals surface area contributed by atoms with E-state index in [0.717, 1.165) is 6.07 Å². The second-order valence-electron chi connectivity index (χ2n) is 7.04. The summed E-state index contributed by atoms with van der Waals surface area (Å²) < 4.78 is 29.1. The molecule has 0 saturated heterocycles. The van der Waals surface area contributed by atoms with E-state index in [1.807, 2.05) is 0 Å². The van der Waals surface area contributed by atoms with Gasteiger partial charge in [-0.15, -0.1) is 0 Å². The Labute approximate surface area is 178 Å². The lowest BCUT2D eigenvalue weighted by atomic mass is 9.90. The van der Waals surface area contributed by atoms with Crippen molar-refractivity contribution < 1.29 is 33.0 Å². The predicted octanol–water partition coefficient (Wildman–Crippen LogP) is 2.69. The van der Waals surface area contributed by atoms with Gasteiger partial charge in [0.25, 0.3) is 5.91 Å². The number of halogens is 1. The maximum atomic E-state index is 13.4. The van der Waals surface area contributed by atoms with Crippen LogP contribution >= 0.6 is 0 Å². The van der Waals surface area contributed by atoms with Crippen molar-refractivity contribution in [2.75, 3.05) is 26.1 Å². The Morgan fingerprint density at radius 3 is 2.68 bits per heavy atom. The van der Waals surface area contributed by atoms with Crippen molar-refractivity contribution in [3.05, 3.63) is 53.3 Å². The van der Waals surface area contributed by atoms with E-state index in [0.29, 0.717) is 22.6 Å². The fourth-order valence-corrected chi connectivity index (χ4v) is 3.42. The van der Waals surface area contributed by atoms with Gasteiger partial charge in [-0.05, 0) is 42.8 Å². The van der Waals surface area contributed by atoms with E-state index < -0.39 is 42.2 Å². The number of ether oxygens (including phenoxy) is 3. The van der Waals surface area contributed by atoms with Crippen molar-refractivity contribution in [1.82, 2.24) is 5.32 Å². The van der Waals surface area contributed by atoms with E-state index in [-0.39, 0.29) is 12.1 Å². The van der Waals surface area contributed by atoms with Crippen LogP contribution in [0.25, 0.3) is 0 Å². The Morgan fingerprint density at radius 1 is 1.19 bits per heavy atom. The highest BCUT2D eigenvalue weighted by Gasteiger charge is 2.32. The zero-order chi connectivity index (χ0) is 22.5. The number of hydrogen-bond donors (Lipinski definition) is 2. The number of rotatable bonds is 7. The molecule has 8 nitrogen and oxygen atoms in total. The standard InChI is InChI=1S/C22H23FN2O6/c1-12(16-9-14(29-2)5-7-19(16)30-3)24-21(27)11-31-22(28)17-10-20(26)25-18-8-13(23)4-6-15(17)18/h4-9,12,17H,10-11H2,1-3H3,(H,24,27)(H,25,26). The van der Waals surface area contributed by atoms with E-state index in [1.54, 1.807) is 25.1 Å². The lowest BCUT2D eigenvalue weighted by Crippen LogP contribution is -2.34.